The molecule has 1 aliphatic rings. The molecule has 98 valence electrons. The zero-order chi connectivity index (χ0) is 12.8. The van der Waals surface area contributed by atoms with Crippen LogP contribution in [0.15, 0.2) is 0 Å². The van der Waals surface area contributed by atoms with Gasteiger partial charge in [0.05, 0.1) is 12.0 Å². The molecule has 4 nitrogen and oxygen atoms in total. The first-order valence-corrected chi connectivity index (χ1v) is 6.52. The van der Waals surface area contributed by atoms with E-state index in [1.807, 2.05) is 13.8 Å². The van der Waals surface area contributed by atoms with E-state index in [-0.39, 0.29) is 47.3 Å². The fourth-order valence-corrected chi connectivity index (χ4v) is 2.34. The minimum atomic E-state index is -1.18. The van der Waals surface area contributed by atoms with Crippen LogP contribution in [0.3, 0.4) is 0 Å². The minimum Gasteiger partial charge on any atom is -0.548 e. The molecule has 1 fully saturated rings. The van der Waals surface area contributed by atoms with Gasteiger partial charge in [0.2, 0.25) is 5.91 Å². The third kappa shape index (κ3) is 6.21. The van der Waals surface area contributed by atoms with Crippen LogP contribution in [-0.2, 0) is 9.59 Å². The molecule has 1 N–H and O–H groups in total. The minimum absolute atomic E-state index is 0. The summed E-state index contributed by atoms with van der Waals surface area (Å²) in [5, 5.41) is 13.5. The molecule has 0 heterocycles. The summed E-state index contributed by atoms with van der Waals surface area (Å²) in [4.78, 5) is 22.8. The molecule has 0 radical (unpaired) electrons. The molecule has 18 heavy (non-hydrogen) atoms. The van der Waals surface area contributed by atoms with Crippen molar-refractivity contribution in [1.82, 2.24) is 5.32 Å². The molecule has 1 aliphatic carbocycles. The summed E-state index contributed by atoms with van der Waals surface area (Å²) in [5.74, 6) is -1.07. The number of carboxylic acids is 1. The van der Waals surface area contributed by atoms with Gasteiger partial charge in [-0.15, -0.1) is 0 Å². The fourth-order valence-electron chi connectivity index (χ4n) is 2.34. The van der Waals surface area contributed by atoms with Crippen LogP contribution in [-0.4, -0.2) is 17.9 Å². The van der Waals surface area contributed by atoms with Crippen molar-refractivity contribution in [1.29, 1.82) is 0 Å². The summed E-state index contributed by atoms with van der Waals surface area (Å²) < 4.78 is 0. The van der Waals surface area contributed by atoms with E-state index >= 15 is 0 Å². The predicted octanol–water partition coefficient (Wildman–Crippen LogP) is -2.15. The first-order valence-electron chi connectivity index (χ1n) is 6.52. The van der Waals surface area contributed by atoms with Crippen LogP contribution in [0.1, 0.15) is 52.4 Å². The van der Waals surface area contributed by atoms with Gasteiger partial charge in [-0.3, -0.25) is 4.79 Å². The second kappa shape index (κ2) is 8.94. The average molecular weight is 263 g/mol. The molecule has 0 aromatic rings. The van der Waals surface area contributed by atoms with Crippen molar-refractivity contribution >= 4 is 11.9 Å². The maximum absolute atomic E-state index is 11.9. The van der Waals surface area contributed by atoms with E-state index in [0.29, 0.717) is 6.42 Å². The largest absolute Gasteiger partial charge is 1.00 e. The van der Waals surface area contributed by atoms with Gasteiger partial charge < -0.3 is 15.2 Å². The van der Waals surface area contributed by atoms with Crippen LogP contribution in [0.25, 0.3) is 0 Å². The van der Waals surface area contributed by atoms with E-state index in [2.05, 4.69) is 5.32 Å². The summed E-state index contributed by atoms with van der Waals surface area (Å²) in [6, 6.07) is -0.843. The Morgan fingerprint density at radius 1 is 1.22 bits per heavy atom. The van der Waals surface area contributed by atoms with Gasteiger partial charge in [0.1, 0.15) is 0 Å². The maximum atomic E-state index is 11.9. The topological polar surface area (TPSA) is 69.2 Å². The van der Waals surface area contributed by atoms with Gasteiger partial charge >= 0.3 is 29.6 Å². The fraction of sp³-hybridized carbons (Fsp3) is 0.846. The summed E-state index contributed by atoms with van der Waals surface area (Å²) in [5.41, 5.74) is 0. The Morgan fingerprint density at radius 2 is 1.78 bits per heavy atom. The first kappa shape index (κ1) is 17.9. The van der Waals surface area contributed by atoms with Crippen molar-refractivity contribution in [3.8, 4) is 0 Å². The quantitative estimate of drug-likeness (QED) is 0.575. The Labute approximate surface area is 131 Å². The third-order valence-electron chi connectivity index (χ3n) is 3.28. The van der Waals surface area contributed by atoms with Gasteiger partial charge in [-0.05, 0) is 25.2 Å². The molecule has 1 saturated carbocycles. The van der Waals surface area contributed by atoms with Crippen molar-refractivity contribution in [2.24, 2.45) is 11.8 Å². The Balaban J connectivity index is 0.00000289. The van der Waals surface area contributed by atoms with Crippen LogP contribution in [0.2, 0.25) is 0 Å². The smallest absolute Gasteiger partial charge is 0.548 e. The maximum Gasteiger partial charge on any atom is 1.00 e. The molecule has 1 amide bonds. The monoisotopic (exact) mass is 263 g/mol. The number of carboxylic acid groups (broad SMARTS) is 1. The Bertz CT molecular complexity index is 275. The number of carbonyl (C=O) groups excluding carboxylic acids is 2. The van der Waals surface area contributed by atoms with Gasteiger partial charge in [-0.2, -0.15) is 0 Å². The zero-order valence-electron chi connectivity index (χ0n) is 11.7. The van der Waals surface area contributed by atoms with E-state index < -0.39 is 12.0 Å². The molecular weight excluding hydrogens is 241 g/mol. The third-order valence-corrected chi connectivity index (χ3v) is 3.28. The van der Waals surface area contributed by atoms with Gasteiger partial charge in [-0.25, -0.2) is 0 Å². The van der Waals surface area contributed by atoms with Crippen LogP contribution in [0.5, 0.6) is 0 Å². The van der Waals surface area contributed by atoms with Crippen LogP contribution in [0.4, 0.5) is 0 Å². The van der Waals surface area contributed by atoms with E-state index in [4.69, 9.17) is 0 Å². The number of hydrogen-bond donors (Lipinski definition) is 1. The van der Waals surface area contributed by atoms with Crippen LogP contribution >= 0.6 is 0 Å². The predicted molar refractivity (Wildman–Crippen MR) is 63.0 cm³/mol. The van der Waals surface area contributed by atoms with Gasteiger partial charge in [0, 0.05) is 5.92 Å². The van der Waals surface area contributed by atoms with Gasteiger partial charge in [0.25, 0.3) is 0 Å². The first-order chi connectivity index (χ1) is 8.00. The van der Waals surface area contributed by atoms with E-state index in [1.54, 1.807) is 0 Å². The molecule has 5 heteroatoms. The van der Waals surface area contributed by atoms with E-state index in [0.717, 1.165) is 25.7 Å². The Morgan fingerprint density at radius 3 is 2.22 bits per heavy atom. The number of amides is 1. The van der Waals surface area contributed by atoms with Crippen molar-refractivity contribution in [3.05, 3.63) is 0 Å². The van der Waals surface area contributed by atoms with Gasteiger partial charge in [-0.1, -0.05) is 33.1 Å². The number of aliphatic carboxylic acids is 1. The molecule has 0 aliphatic heterocycles. The molecule has 0 saturated heterocycles. The summed E-state index contributed by atoms with van der Waals surface area (Å²) >= 11 is 0. The SMILES string of the molecule is CC(C)C[C@H](NC(=O)C1CCCCC1)C(=O)[O-].[Na+]. The Hall–Kier alpha value is -0.0600. The Kier molecular flexibility index (Phi) is 8.91. The van der Waals surface area contributed by atoms with E-state index in [9.17, 15) is 14.7 Å². The van der Waals surface area contributed by atoms with Crippen LogP contribution < -0.4 is 40.0 Å². The number of rotatable bonds is 5. The summed E-state index contributed by atoms with van der Waals surface area (Å²) in [6.07, 6.45) is 5.51. The zero-order valence-corrected chi connectivity index (χ0v) is 13.7. The molecule has 0 aromatic carbocycles. The molecule has 0 unspecified atom stereocenters. The molecule has 1 rings (SSSR count). The van der Waals surface area contributed by atoms with Crippen molar-refractivity contribution in [3.63, 3.8) is 0 Å². The summed E-state index contributed by atoms with van der Waals surface area (Å²) in [7, 11) is 0. The number of carbonyl (C=O) groups is 2. The molecule has 0 bridgehead atoms. The molecule has 0 aromatic heterocycles. The molecule has 0 spiro atoms. The van der Waals surface area contributed by atoms with Gasteiger partial charge in [0.15, 0.2) is 0 Å². The summed E-state index contributed by atoms with van der Waals surface area (Å²) in [6.45, 7) is 3.87. The molecule has 1 atom stereocenters. The van der Waals surface area contributed by atoms with Crippen molar-refractivity contribution < 1.29 is 44.3 Å². The second-order valence-electron chi connectivity index (χ2n) is 5.34. The standard InChI is InChI=1S/C13H23NO3.Na/c1-9(2)8-11(13(16)17)14-12(15)10-6-4-3-5-7-10;/h9-11H,3-8H2,1-2H3,(H,14,15)(H,16,17);/q;+1/p-1/t11-;/m0./s1. The van der Waals surface area contributed by atoms with Crippen molar-refractivity contribution in [2.75, 3.05) is 0 Å². The number of hydrogen-bond acceptors (Lipinski definition) is 3. The van der Waals surface area contributed by atoms with E-state index in [1.165, 1.54) is 6.42 Å². The molecular formula is C13H22NNaO3. The normalized spacial score (nSPS) is 17.9. The van der Waals surface area contributed by atoms with Crippen LogP contribution in [0, 0.1) is 11.8 Å². The second-order valence-corrected chi connectivity index (χ2v) is 5.34. The number of nitrogens with one attached hydrogen (secondary N) is 1. The average Bonchev–Trinajstić information content (AvgIpc) is 2.28. The van der Waals surface area contributed by atoms with Crippen molar-refractivity contribution in [2.45, 2.75) is 58.4 Å².